The maximum atomic E-state index is 4.69. The molecule has 1 saturated carbocycles. The highest BCUT2D eigenvalue weighted by atomic mass is 127. The molecule has 0 amide bonds. The Hall–Kier alpha value is -0.410. The topological polar surface area (TPSA) is 52.6 Å². The molecule has 0 spiro atoms. The molecular weight excluding hydrogens is 457 g/mol. The van der Waals surface area contributed by atoms with Crippen molar-refractivity contribution in [1.82, 2.24) is 20.5 Å². The van der Waals surface area contributed by atoms with Gasteiger partial charge < -0.3 is 15.5 Å². The summed E-state index contributed by atoms with van der Waals surface area (Å²) in [6.07, 6.45) is 6.90. The third-order valence-electron chi connectivity index (χ3n) is 4.83. The molecule has 0 aromatic carbocycles. The molecule has 1 aliphatic carbocycles. The van der Waals surface area contributed by atoms with Crippen molar-refractivity contribution in [2.24, 2.45) is 4.99 Å². The molecule has 26 heavy (non-hydrogen) atoms. The molecule has 150 valence electrons. The Morgan fingerprint density at radius 2 is 2.04 bits per heavy atom. The first-order valence-corrected chi connectivity index (χ1v) is 10.6. The van der Waals surface area contributed by atoms with Gasteiger partial charge >= 0.3 is 0 Å². The summed E-state index contributed by atoms with van der Waals surface area (Å²) in [6, 6.07) is 0.764. The number of hydrogen-bond donors (Lipinski definition) is 2. The van der Waals surface area contributed by atoms with E-state index >= 15 is 0 Å². The van der Waals surface area contributed by atoms with Crippen LogP contribution < -0.4 is 10.6 Å². The lowest BCUT2D eigenvalue weighted by Gasteiger charge is -2.31. The van der Waals surface area contributed by atoms with E-state index in [4.69, 9.17) is 0 Å². The van der Waals surface area contributed by atoms with Crippen LogP contribution in [0.2, 0.25) is 0 Å². The lowest BCUT2D eigenvalue weighted by molar-refractivity contribution is 0.194. The average molecular weight is 494 g/mol. The van der Waals surface area contributed by atoms with Crippen LogP contribution in [0.1, 0.15) is 69.5 Å². The summed E-state index contributed by atoms with van der Waals surface area (Å²) >= 11 is 1.70. The van der Waals surface area contributed by atoms with Crippen molar-refractivity contribution >= 4 is 41.3 Å². The molecule has 0 atom stereocenters. The minimum atomic E-state index is 0. The first-order chi connectivity index (χ1) is 12.1. The van der Waals surface area contributed by atoms with Crippen LogP contribution in [0.15, 0.2) is 10.4 Å². The lowest BCUT2D eigenvalue weighted by Crippen LogP contribution is -2.43. The summed E-state index contributed by atoms with van der Waals surface area (Å²) in [6.45, 7) is 9.96. The van der Waals surface area contributed by atoms with Crippen LogP contribution >= 0.6 is 35.3 Å². The molecule has 0 aliphatic heterocycles. The van der Waals surface area contributed by atoms with Crippen LogP contribution in [-0.4, -0.2) is 48.6 Å². The molecule has 2 N–H and O–H groups in total. The number of thiazole rings is 1. The molecule has 1 heterocycles. The highest BCUT2D eigenvalue weighted by Crippen LogP contribution is 2.21. The van der Waals surface area contributed by atoms with Crippen LogP contribution in [0.25, 0.3) is 0 Å². The Labute approximate surface area is 180 Å². The molecule has 0 bridgehead atoms. The summed E-state index contributed by atoms with van der Waals surface area (Å²) in [5.41, 5.74) is 1.17. The van der Waals surface area contributed by atoms with Crippen molar-refractivity contribution in [3.05, 3.63) is 16.1 Å². The van der Waals surface area contributed by atoms with Crippen molar-refractivity contribution in [2.75, 3.05) is 26.7 Å². The Bertz CT molecular complexity index is 526. The van der Waals surface area contributed by atoms with E-state index in [9.17, 15) is 0 Å². The van der Waals surface area contributed by atoms with Gasteiger partial charge in [0, 0.05) is 31.1 Å². The highest BCUT2D eigenvalue weighted by molar-refractivity contribution is 14.0. The number of guanidine groups is 1. The summed E-state index contributed by atoms with van der Waals surface area (Å²) in [7, 11) is 2.25. The van der Waals surface area contributed by atoms with Crippen molar-refractivity contribution in [2.45, 2.75) is 71.4 Å². The van der Waals surface area contributed by atoms with E-state index in [0.717, 1.165) is 36.6 Å². The van der Waals surface area contributed by atoms with Crippen molar-refractivity contribution in [3.8, 4) is 0 Å². The van der Waals surface area contributed by atoms with Gasteiger partial charge in [-0.1, -0.05) is 33.1 Å². The fourth-order valence-electron chi connectivity index (χ4n) is 3.21. The number of nitrogens with zero attached hydrogens (tertiary/aromatic N) is 3. The molecule has 1 fully saturated rings. The second kappa shape index (κ2) is 12.9. The number of halogens is 1. The van der Waals surface area contributed by atoms with Gasteiger partial charge in [0.05, 0.1) is 12.2 Å². The Morgan fingerprint density at radius 1 is 1.31 bits per heavy atom. The molecule has 0 radical (unpaired) electrons. The second-order valence-corrected chi connectivity index (χ2v) is 8.16. The van der Waals surface area contributed by atoms with Crippen LogP contribution in [0.5, 0.6) is 0 Å². The summed E-state index contributed by atoms with van der Waals surface area (Å²) in [5, 5.41) is 10.0. The Kier molecular flexibility index (Phi) is 11.7. The minimum absolute atomic E-state index is 0. The molecule has 2 rings (SSSR count). The zero-order valence-corrected chi connectivity index (χ0v) is 19.9. The van der Waals surface area contributed by atoms with Gasteiger partial charge in [0.25, 0.3) is 0 Å². The number of aromatic nitrogens is 1. The largest absolute Gasteiger partial charge is 0.357 e. The number of likely N-dealkylation sites (N-methyl/N-ethyl adjacent to an activating group) is 1. The van der Waals surface area contributed by atoms with Crippen molar-refractivity contribution in [3.63, 3.8) is 0 Å². The Morgan fingerprint density at radius 3 is 2.65 bits per heavy atom. The second-order valence-electron chi connectivity index (χ2n) is 7.22. The Balaban J connectivity index is 0.00000338. The average Bonchev–Trinajstić information content (AvgIpc) is 3.09. The van der Waals surface area contributed by atoms with Crippen LogP contribution in [-0.2, 0) is 6.54 Å². The van der Waals surface area contributed by atoms with E-state index in [1.54, 1.807) is 11.3 Å². The molecule has 1 aromatic heterocycles. The van der Waals surface area contributed by atoms with Gasteiger partial charge in [0.15, 0.2) is 5.96 Å². The maximum absolute atomic E-state index is 4.69. The molecule has 1 aromatic rings. The lowest BCUT2D eigenvalue weighted by atomic mass is 9.94. The van der Waals surface area contributed by atoms with Gasteiger partial charge in [-0.05, 0) is 32.7 Å². The van der Waals surface area contributed by atoms with Gasteiger partial charge in [0.1, 0.15) is 5.01 Å². The van der Waals surface area contributed by atoms with Gasteiger partial charge in [-0.15, -0.1) is 35.3 Å². The van der Waals surface area contributed by atoms with E-state index in [2.05, 4.69) is 58.7 Å². The van der Waals surface area contributed by atoms with Crippen LogP contribution in [0.4, 0.5) is 0 Å². The van der Waals surface area contributed by atoms with Crippen LogP contribution in [0.3, 0.4) is 0 Å². The third-order valence-corrected chi connectivity index (χ3v) is 5.68. The first kappa shape index (κ1) is 23.6. The van der Waals surface area contributed by atoms with Gasteiger partial charge in [-0.25, -0.2) is 9.98 Å². The molecule has 7 heteroatoms. The predicted molar refractivity (Wildman–Crippen MR) is 124 cm³/mol. The van der Waals surface area contributed by atoms with Crippen molar-refractivity contribution in [1.29, 1.82) is 0 Å². The number of hydrogen-bond acceptors (Lipinski definition) is 4. The molecular formula is C19H36IN5S. The van der Waals surface area contributed by atoms with E-state index in [0.29, 0.717) is 12.5 Å². The first-order valence-electron chi connectivity index (χ1n) is 9.76. The fourth-order valence-corrected chi connectivity index (χ4v) is 4.09. The summed E-state index contributed by atoms with van der Waals surface area (Å²) in [4.78, 5) is 11.9. The molecule has 0 unspecified atom stereocenters. The van der Waals surface area contributed by atoms with E-state index in [1.165, 1.54) is 37.8 Å². The van der Waals surface area contributed by atoms with Crippen LogP contribution in [0, 0.1) is 0 Å². The molecule has 1 aliphatic rings. The van der Waals surface area contributed by atoms with E-state index < -0.39 is 0 Å². The fraction of sp³-hybridized carbons (Fsp3) is 0.789. The molecule has 5 nitrogen and oxygen atoms in total. The van der Waals surface area contributed by atoms with E-state index in [-0.39, 0.29) is 24.0 Å². The van der Waals surface area contributed by atoms with Gasteiger partial charge in [-0.2, -0.15) is 0 Å². The predicted octanol–water partition coefficient (Wildman–Crippen LogP) is 4.20. The zero-order chi connectivity index (χ0) is 18.1. The zero-order valence-electron chi connectivity index (χ0n) is 16.8. The monoisotopic (exact) mass is 493 g/mol. The number of aliphatic imine (C=N–C) groups is 1. The smallest absolute Gasteiger partial charge is 0.191 e. The van der Waals surface area contributed by atoms with Gasteiger partial charge in [0.2, 0.25) is 0 Å². The standard InChI is InChI=1S/C19H35N5S.HI/c1-5-20-19(22-13-18-23-17(14-25-18)15(2)3)21-11-12-24(4)16-9-7-6-8-10-16;/h14-16H,5-13H2,1-4H3,(H2,20,21,22);1H. The summed E-state index contributed by atoms with van der Waals surface area (Å²) < 4.78 is 0. The van der Waals surface area contributed by atoms with E-state index in [1.807, 2.05) is 0 Å². The SMILES string of the molecule is CCNC(=NCc1nc(C(C)C)cs1)NCCN(C)C1CCCCC1.I. The quantitative estimate of drug-likeness (QED) is 0.324. The normalized spacial score (nSPS) is 16.0. The molecule has 0 saturated heterocycles. The minimum Gasteiger partial charge on any atom is -0.357 e. The number of nitrogens with one attached hydrogen (secondary N) is 2. The van der Waals surface area contributed by atoms with Gasteiger partial charge in [-0.3, -0.25) is 0 Å². The van der Waals surface area contributed by atoms with Crippen molar-refractivity contribution < 1.29 is 0 Å². The third kappa shape index (κ3) is 8.08. The highest BCUT2D eigenvalue weighted by Gasteiger charge is 2.17. The maximum Gasteiger partial charge on any atom is 0.191 e. The summed E-state index contributed by atoms with van der Waals surface area (Å²) in [5.74, 6) is 1.37. The number of rotatable bonds is 8.